The molecule has 0 aromatic heterocycles. The number of nitrogens with one attached hydrogen (secondary N) is 1. The first-order chi connectivity index (χ1) is 16.4. The molecular formula is C25H24N2O6S. The Kier molecular flexibility index (Phi) is 7.24. The summed E-state index contributed by atoms with van der Waals surface area (Å²) in [5.74, 6) is -0.674. The molecule has 8 nitrogen and oxygen atoms in total. The van der Waals surface area contributed by atoms with E-state index in [-0.39, 0.29) is 28.9 Å². The van der Waals surface area contributed by atoms with E-state index in [0.29, 0.717) is 12.3 Å². The van der Waals surface area contributed by atoms with E-state index >= 15 is 0 Å². The van der Waals surface area contributed by atoms with Gasteiger partial charge >= 0.3 is 6.09 Å². The highest BCUT2D eigenvalue weighted by Crippen LogP contribution is 2.27. The maximum atomic E-state index is 13.5. The summed E-state index contributed by atoms with van der Waals surface area (Å²) < 4.78 is 38.4. The zero-order chi connectivity index (χ0) is 24.0. The van der Waals surface area contributed by atoms with Crippen molar-refractivity contribution in [2.75, 3.05) is 22.8 Å². The van der Waals surface area contributed by atoms with Crippen molar-refractivity contribution < 1.29 is 27.5 Å². The van der Waals surface area contributed by atoms with E-state index in [9.17, 15) is 18.0 Å². The Hall–Kier alpha value is -3.69. The second-order valence-electron chi connectivity index (χ2n) is 7.66. The number of anilines is 2. The molecule has 3 aromatic carbocycles. The van der Waals surface area contributed by atoms with Gasteiger partial charge in [0.05, 0.1) is 16.7 Å². The standard InChI is InChI=1S/C25H24N2O6S/c28-24(19-8-3-1-4-9-19)27(21-10-5-2-6-11-21)34(30,31)23-15-13-20(14-16-23)26-25(29)33-18-22-12-7-17-32-22/h1-6,8-11,13-16,22H,7,12,17-18H2,(H,26,29). The first-order valence-electron chi connectivity index (χ1n) is 10.8. The molecule has 1 unspecified atom stereocenters. The van der Waals surface area contributed by atoms with E-state index < -0.39 is 22.0 Å². The minimum atomic E-state index is -4.24. The molecule has 3 aromatic rings. The molecule has 0 radical (unpaired) electrons. The van der Waals surface area contributed by atoms with Crippen molar-refractivity contribution in [3.63, 3.8) is 0 Å². The van der Waals surface area contributed by atoms with Crippen LogP contribution in [0.25, 0.3) is 0 Å². The topological polar surface area (TPSA) is 102 Å². The Morgan fingerprint density at radius 3 is 2.21 bits per heavy atom. The van der Waals surface area contributed by atoms with Crippen LogP contribution in [0.2, 0.25) is 0 Å². The number of amides is 2. The van der Waals surface area contributed by atoms with Crippen molar-refractivity contribution in [1.82, 2.24) is 0 Å². The van der Waals surface area contributed by atoms with Crippen molar-refractivity contribution in [2.24, 2.45) is 0 Å². The molecule has 34 heavy (non-hydrogen) atoms. The maximum absolute atomic E-state index is 13.5. The van der Waals surface area contributed by atoms with Crippen molar-refractivity contribution in [1.29, 1.82) is 0 Å². The molecule has 0 aliphatic carbocycles. The fourth-order valence-electron chi connectivity index (χ4n) is 3.54. The van der Waals surface area contributed by atoms with Gasteiger partial charge in [-0.05, 0) is 61.4 Å². The molecule has 4 rings (SSSR count). The second kappa shape index (κ2) is 10.5. The molecule has 1 heterocycles. The minimum Gasteiger partial charge on any atom is -0.447 e. The van der Waals surface area contributed by atoms with Gasteiger partial charge in [0, 0.05) is 17.9 Å². The van der Waals surface area contributed by atoms with Crippen LogP contribution in [0.5, 0.6) is 0 Å². The van der Waals surface area contributed by atoms with E-state index in [1.807, 2.05) is 0 Å². The van der Waals surface area contributed by atoms with Crippen LogP contribution in [0, 0.1) is 0 Å². The number of para-hydroxylation sites is 1. The van der Waals surface area contributed by atoms with Gasteiger partial charge in [0.15, 0.2) is 0 Å². The fraction of sp³-hybridized carbons (Fsp3) is 0.200. The maximum Gasteiger partial charge on any atom is 0.411 e. The predicted octanol–water partition coefficient (Wildman–Crippen LogP) is 4.45. The van der Waals surface area contributed by atoms with Crippen LogP contribution < -0.4 is 9.62 Å². The molecule has 0 spiro atoms. The number of rotatable bonds is 7. The van der Waals surface area contributed by atoms with Gasteiger partial charge in [0.25, 0.3) is 15.9 Å². The SMILES string of the molecule is O=C(Nc1ccc(S(=O)(=O)N(C(=O)c2ccccc2)c2ccccc2)cc1)OCC1CCCO1. The van der Waals surface area contributed by atoms with Crippen molar-refractivity contribution >= 4 is 33.4 Å². The molecule has 1 N–H and O–H groups in total. The first-order valence-corrected chi connectivity index (χ1v) is 12.2. The van der Waals surface area contributed by atoms with Gasteiger partial charge in [-0.3, -0.25) is 10.1 Å². The summed E-state index contributed by atoms with van der Waals surface area (Å²) in [4.78, 5) is 25.2. The minimum absolute atomic E-state index is 0.0932. The highest BCUT2D eigenvalue weighted by atomic mass is 32.2. The number of hydrogen-bond acceptors (Lipinski definition) is 6. The quantitative estimate of drug-likeness (QED) is 0.536. The van der Waals surface area contributed by atoms with Crippen LogP contribution in [-0.4, -0.2) is 39.7 Å². The second-order valence-corrected chi connectivity index (χ2v) is 9.45. The van der Waals surface area contributed by atoms with Crippen molar-refractivity contribution in [3.8, 4) is 0 Å². The zero-order valence-electron chi connectivity index (χ0n) is 18.3. The van der Waals surface area contributed by atoms with Crippen molar-refractivity contribution in [3.05, 3.63) is 90.5 Å². The summed E-state index contributed by atoms with van der Waals surface area (Å²) in [6.07, 6.45) is 1.04. The number of carbonyl (C=O) groups excluding carboxylic acids is 2. The number of sulfonamides is 1. The Morgan fingerprint density at radius 2 is 1.59 bits per heavy atom. The van der Waals surface area contributed by atoms with Crippen LogP contribution in [0.3, 0.4) is 0 Å². The predicted molar refractivity (Wildman–Crippen MR) is 127 cm³/mol. The van der Waals surface area contributed by atoms with Crippen LogP contribution in [-0.2, 0) is 19.5 Å². The molecule has 1 aliphatic rings. The number of carbonyl (C=O) groups is 2. The lowest BCUT2D eigenvalue weighted by molar-refractivity contribution is 0.0484. The van der Waals surface area contributed by atoms with E-state index in [0.717, 1.165) is 17.1 Å². The number of benzene rings is 3. The smallest absolute Gasteiger partial charge is 0.411 e. The molecule has 176 valence electrons. The van der Waals surface area contributed by atoms with Gasteiger partial charge in [-0.2, -0.15) is 4.31 Å². The molecule has 1 atom stereocenters. The monoisotopic (exact) mass is 480 g/mol. The number of hydrogen-bond donors (Lipinski definition) is 1. The van der Waals surface area contributed by atoms with E-state index in [4.69, 9.17) is 9.47 Å². The summed E-state index contributed by atoms with van der Waals surface area (Å²) >= 11 is 0. The highest BCUT2D eigenvalue weighted by Gasteiger charge is 2.31. The van der Waals surface area contributed by atoms with Gasteiger partial charge in [-0.25, -0.2) is 13.2 Å². The molecule has 9 heteroatoms. The molecule has 1 fully saturated rings. The summed E-state index contributed by atoms with van der Waals surface area (Å²) in [6, 6.07) is 21.9. The van der Waals surface area contributed by atoms with Crippen LogP contribution in [0.1, 0.15) is 23.2 Å². The Morgan fingerprint density at radius 1 is 0.941 bits per heavy atom. The third-order valence-electron chi connectivity index (χ3n) is 5.26. The largest absolute Gasteiger partial charge is 0.447 e. The molecule has 2 amide bonds. The van der Waals surface area contributed by atoms with Gasteiger partial charge in [-0.15, -0.1) is 0 Å². The van der Waals surface area contributed by atoms with Gasteiger partial charge < -0.3 is 9.47 Å². The molecule has 1 saturated heterocycles. The summed E-state index contributed by atoms with van der Waals surface area (Å²) in [5.41, 5.74) is 0.815. The van der Waals surface area contributed by atoms with Gasteiger partial charge in [0.2, 0.25) is 0 Å². The van der Waals surface area contributed by atoms with Crippen molar-refractivity contribution in [2.45, 2.75) is 23.8 Å². The Bertz CT molecular complexity index is 1230. The van der Waals surface area contributed by atoms with E-state index in [1.165, 1.54) is 24.3 Å². The highest BCUT2D eigenvalue weighted by molar-refractivity contribution is 7.93. The third kappa shape index (κ3) is 5.44. The van der Waals surface area contributed by atoms with Crippen LogP contribution in [0.15, 0.2) is 89.8 Å². The van der Waals surface area contributed by atoms with Gasteiger partial charge in [-0.1, -0.05) is 36.4 Å². The van der Waals surface area contributed by atoms with Gasteiger partial charge in [0.1, 0.15) is 6.61 Å². The number of ether oxygens (including phenoxy) is 2. The normalized spacial score (nSPS) is 15.5. The average Bonchev–Trinajstić information content (AvgIpc) is 3.38. The summed E-state index contributed by atoms with van der Waals surface area (Å²) in [5, 5.41) is 2.56. The lowest BCUT2D eigenvalue weighted by Crippen LogP contribution is -2.37. The summed E-state index contributed by atoms with van der Waals surface area (Å²) in [7, 11) is -4.24. The lowest BCUT2D eigenvalue weighted by atomic mass is 10.2. The van der Waals surface area contributed by atoms with E-state index in [1.54, 1.807) is 60.7 Å². The number of nitrogens with zero attached hydrogens (tertiary/aromatic N) is 1. The third-order valence-corrected chi connectivity index (χ3v) is 6.98. The fourth-order valence-corrected chi connectivity index (χ4v) is 4.95. The average molecular weight is 481 g/mol. The molecule has 0 saturated carbocycles. The Labute approximate surface area is 198 Å². The Balaban J connectivity index is 1.53. The molecule has 1 aliphatic heterocycles. The van der Waals surface area contributed by atoms with Crippen LogP contribution in [0.4, 0.5) is 16.2 Å². The van der Waals surface area contributed by atoms with Crippen LogP contribution >= 0.6 is 0 Å². The first kappa shape index (κ1) is 23.5. The van der Waals surface area contributed by atoms with E-state index in [2.05, 4.69) is 5.32 Å². The summed E-state index contributed by atoms with van der Waals surface area (Å²) in [6.45, 7) is 0.824. The molecular weight excluding hydrogens is 456 g/mol. The zero-order valence-corrected chi connectivity index (χ0v) is 19.1. The molecule has 0 bridgehead atoms. The lowest BCUT2D eigenvalue weighted by Gasteiger charge is -2.23.